The molecule has 1 amide bonds. The van der Waals surface area contributed by atoms with Gasteiger partial charge in [0, 0.05) is 17.3 Å². The van der Waals surface area contributed by atoms with Crippen LogP contribution in [0.4, 0.5) is 11.4 Å². The monoisotopic (exact) mass is 206 g/mol. The Morgan fingerprint density at radius 1 is 1.53 bits per heavy atom. The minimum absolute atomic E-state index is 0.0332. The average Bonchev–Trinajstić information content (AvgIpc) is 2.22. The number of benzene rings is 1. The molecule has 0 spiro atoms. The van der Waals surface area contributed by atoms with Gasteiger partial charge in [0.2, 0.25) is 5.91 Å². The molecular weight excluding hydrogens is 188 g/mol. The maximum atomic E-state index is 11.7. The SMILES string of the molecule is CCC(C)C(=O)Nc1cc(N)ccc1C. The Bertz CT molecular complexity index is 361. The van der Waals surface area contributed by atoms with Gasteiger partial charge >= 0.3 is 0 Å². The van der Waals surface area contributed by atoms with Crippen molar-refractivity contribution in [2.75, 3.05) is 11.1 Å². The number of carbonyl (C=O) groups excluding carboxylic acids is 1. The number of hydrogen-bond acceptors (Lipinski definition) is 2. The van der Waals surface area contributed by atoms with Crippen molar-refractivity contribution in [3.05, 3.63) is 23.8 Å². The Hall–Kier alpha value is -1.51. The summed E-state index contributed by atoms with van der Waals surface area (Å²) >= 11 is 0. The summed E-state index contributed by atoms with van der Waals surface area (Å²) in [4.78, 5) is 11.7. The lowest BCUT2D eigenvalue weighted by atomic mass is 10.1. The van der Waals surface area contributed by atoms with Crippen molar-refractivity contribution in [3.63, 3.8) is 0 Å². The molecule has 1 atom stereocenters. The maximum Gasteiger partial charge on any atom is 0.227 e. The van der Waals surface area contributed by atoms with Gasteiger partial charge < -0.3 is 11.1 Å². The van der Waals surface area contributed by atoms with Crippen LogP contribution in [0.5, 0.6) is 0 Å². The molecule has 0 fully saturated rings. The molecule has 1 aromatic rings. The van der Waals surface area contributed by atoms with Crippen molar-refractivity contribution in [3.8, 4) is 0 Å². The van der Waals surface area contributed by atoms with Crippen LogP contribution in [0.25, 0.3) is 0 Å². The Morgan fingerprint density at radius 2 is 2.20 bits per heavy atom. The summed E-state index contributed by atoms with van der Waals surface area (Å²) in [7, 11) is 0. The van der Waals surface area contributed by atoms with Gasteiger partial charge in [0.1, 0.15) is 0 Å². The second-order valence-corrected chi connectivity index (χ2v) is 3.87. The van der Waals surface area contributed by atoms with Crippen LogP contribution >= 0.6 is 0 Å². The summed E-state index contributed by atoms with van der Waals surface area (Å²) in [6, 6.07) is 5.52. The van der Waals surface area contributed by atoms with Crippen molar-refractivity contribution in [1.29, 1.82) is 0 Å². The van der Waals surface area contributed by atoms with Gasteiger partial charge in [-0.15, -0.1) is 0 Å². The highest BCUT2D eigenvalue weighted by Crippen LogP contribution is 2.19. The van der Waals surface area contributed by atoms with Gasteiger partial charge in [-0.25, -0.2) is 0 Å². The molecule has 3 N–H and O–H groups in total. The van der Waals surface area contributed by atoms with E-state index in [9.17, 15) is 4.79 Å². The molecule has 0 heterocycles. The zero-order valence-corrected chi connectivity index (χ0v) is 9.50. The van der Waals surface area contributed by atoms with E-state index in [1.54, 1.807) is 6.07 Å². The first-order valence-electron chi connectivity index (χ1n) is 5.21. The zero-order chi connectivity index (χ0) is 11.4. The second kappa shape index (κ2) is 4.82. The third kappa shape index (κ3) is 2.98. The lowest BCUT2D eigenvalue weighted by Gasteiger charge is -2.12. The molecule has 15 heavy (non-hydrogen) atoms. The molecule has 1 rings (SSSR count). The number of nitrogens with one attached hydrogen (secondary N) is 1. The third-order valence-corrected chi connectivity index (χ3v) is 2.58. The van der Waals surface area contributed by atoms with Crippen LogP contribution in [-0.4, -0.2) is 5.91 Å². The molecule has 0 aromatic heterocycles. The van der Waals surface area contributed by atoms with Crippen LogP contribution in [0.15, 0.2) is 18.2 Å². The predicted molar refractivity (Wildman–Crippen MR) is 63.7 cm³/mol. The second-order valence-electron chi connectivity index (χ2n) is 3.87. The Morgan fingerprint density at radius 3 is 2.80 bits per heavy atom. The smallest absolute Gasteiger partial charge is 0.227 e. The quantitative estimate of drug-likeness (QED) is 0.747. The van der Waals surface area contributed by atoms with E-state index >= 15 is 0 Å². The number of aryl methyl sites for hydroxylation is 1. The van der Waals surface area contributed by atoms with Crippen LogP contribution in [0, 0.1) is 12.8 Å². The number of nitrogen functional groups attached to an aromatic ring is 1. The van der Waals surface area contributed by atoms with E-state index in [1.807, 2.05) is 32.9 Å². The van der Waals surface area contributed by atoms with Gasteiger partial charge in [0.25, 0.3) is 0 Å². The number of anilines is 2. The fourth-order valence-corrected chi connectivity index (χ4v) is 1.22. The highest BCUT2D eigenvalue weighted by Gasteiger charge is 2.11. The molecule has 3 nitrogen and oxygen atoms in total. The lowest BCUT2D eigenvalue weighted by Crippen LogP contribution is -2.20. The van der Waals surface area contributed by atoms with Crippen LogP contribution < -0.4 is 11.1 Å². The largest absolute Gasteiger partial charge is 0.399 e. The standard InChI is InChI=1S/C12H18N2O/c1-4-8(2)12(15)14-11-7-10(13)6-5-9(11)3/h5-8H,4,13H2,1-3H3,(H,14,15). The average molecular weight is 206 g/mol. The zero-order valence-electron chi connectivity index (χ0n) is 9.50. The number of carbonyl (C=O) groups is 1. The first kappa shape index (κ1) is 11.6. The fourth-order valence-electron chi connectivity index (χ4n) is 1.22. The molecule has 82 valence electrons. The summed E-state index contributed by atoms with van der Waals surface area (Å²) < 4.78 is 0. The molecule has 0 aliphatic carbocycles. The van der Waals surface area contributed by atoms with E-state index in [2.05, 4.69) is 5.32 Å². The molecule has 0 saturated heterocycles. The third-order valence-electron chi connectivity index (χ3n) is 2.58. The summed E-state index contributed by atoms with van der Waals surface area (Å²) in [5.41, 5.74) is 8.16. The fraction of sp³-hybridized carbons (Fsp3) is 0.417. The Labute approximate surface area is 90.7 Å². The molecule has 1 unspecified atom stereocenters. The summed E-state index contributed by atoms with van der Waals surface area (Å²) in [5, 5.41) is 2.88. The van der Waals surface area contributed by atoms with Gasteiger partial charge in [-0.1, -0.05) is 19.9 Å². The first-order chi connectivity index (χ1) is 7.04. The van der Waals surface area contributed by atoms with E-state index in [1.165, 1.54) is 0 Å². The van der Waals surface area contributed by atoms with E-state index in [-0.39, 0.29) is 11.8 Å². The number of nitrogens with two attached hydrogens (primary N) is 1. The van der Waals surface area contributed by atoms with Crippen LogP contribution in [0.3, 0.4) is 0 Å². The Balaban J connectivity index is 2.80. The topological polar surface area (TPSA) is 55.1 Å². The van der Waals surface area contributed by atoms with E-state index in [4.69, 9.17) is 5.73 Å². The van der Waals surface area contributed by atoms with Crippen LogP contribution in [0.2, 0.25) is 0 Å². The molecule has 0 aliphatic heterocycles. The normalized spacial score (nSPS) is 12.2. The Kier molecular flexibility index (Phi) is 3.72. The number of rotatable bonds is 3. The van der Waals surface area contributed by atoms with Gasteiger partial charge in [-0.3, -0.25) is 4.79 Å². The molecule has 0 bridgehead atoms. The van der Waals surface area contributed by atoms with Crippen molar-refractivity contribution >= 4 is 17.3 Å². The minimum Gasteiger partial charge on any atom is -0.399 e. The maximum absolute atomic E-state index is 11.7. The van der Waals surface area contributed by atoms with Crippen molar-refractivity contribution in [1.82, 2.24) is 0 Å². The predicted octanol–water partition coefficient (Wildman–Crippen LogP) is 2.56. The van der Waals surface area contributed by atoms with Crippen molar-refractivity contribution < 1.29 is 4.79 Å². The number of hydrogen-bond donors (Lipinski definition) is 2. The summed E-state index contributed by atoms with van der Waals surface area (Å²) in [6.07, 6.45) is 0.840. The van der Waals surface area contributed by atoms with E-state index < -0.39 is 0 Å². The highest BCUT2D eigenvalue weighted by molar-refractivity contribution is 5.93. The van der Waals surface area contributed by atoms with Gasteiger partial charge in [-0.2, -0.15) is 0 Å². The molecule has 0 aliphatic rings. The number of amides is 1. The van der Waals surface area contributed by atoms with Crippen LogP contribution in [0.1, 0.15) is 25.8 Å². The van der Waals surface area contributed by atoms with Crippen molar-refractivity contribution in [2.45, 2.75) is 27.2 Å². The summed E-state index contributed by atoms with van der Waals surface area (Å²) in [5.74, 6) is 0.0806. The molecule has 0 radical (unpaired) electrons. The highest BCUT2D eigenvalue weighted by atomic mass is 16.1. The van der Waals surface area contributed by atoms with Gasteiger partial charge in [0.05, 0.1) is 0 Å². The van der Waals surface area contributed by atoms with Crippen molar-refractivity contribution in [2.24, 2.45) is 5.92 Å². The molecule has 3 heteroatoms. The van der Waals surface area contributed by atoms with Gasteiger partial charge in [-0.05, 0) is 31.0 Å². The lowest BCUT2D eigenvalue weighted by molar-refractivity contribution is -0.119. The molecular formula is C12H18N2O. The summed E-state index contributed by atoms with van der Waals surface area (Å²) in [6.45, 7) is 5.86. The van der Waals surface area contributed by atoms with Gasteiger partial charge in [0.15, 0.2) is 0 Å². The van der Waals surface area contributed by atoms with Crippen LogP contribution in [-0.2, 0) is 4.79 Å². The first-order valence-corrected chi connectivity index (χ1v) is 5.21. The molecule has 1 aromatic carbocycles. The minimum atomic E-state index is 0.0332. The molecule has 0 saturated carbocycles. The van der Waals surface area contributed by atoms with E-state index in [0.717, 1.165) is 17.7 Å². The van der Waals surface area contributed by atoms with E-state index in [0.29, 0.717) is 5.69 Å².